The molecule has 0 spiro atoms. The number of primary amides is 1. The van der Waals surface area contributed by atoms with Gasteiger partial charge in [0.2, 0.25) is 5.91 Å². The van der Waals surface area contributed by atoms with Gasteiger partial charge in [0, 0.05) is 31.8 Å². The highest BCUT2D eigenvalue weighted by atomic mass is 32.1. The topological polar surface area (TPSA) is 154 Å². The van der Waals surface area contributed by atoms with Gasteiger partial charge in [-0.3, -0.25) is 19.4 Å². The van der Waals surface area contributed by atoms with Crippen molar-refractivity contribution in [3.8, 4) is 0 Å². The normalized spacial score (nSPS) is 11.7. The Morgan fingerprint density at radius 2 is 1.89 bits per heavy atom. The summed E-state index contributed by atoms with van der Waals surface area (Å²) in [6, 6.07) is 17.3. The van der Waals surface area contributed by atoms with Crippen molar-refractivity contribution in [3.63, 3.8) is 0 Å². The largest absolute Gasteiger partial charge is 0.395 e. The number of pyridine rings is 1. The molecule has 10 nitrogen and oxygen atoms in total. The third-order valence-electron chi connectivity index (χ3n) is 5.72. The molecule has 2 aromatic heterocycles. The molecule has 11 heteroatoms. The quantitative estimate of drug-likeness (QED) is 0.273. The molecular weight excluding hydrogens is 492 g/mol. The molecule has 5 N–H and O–H groups in total. The first-order chi connectivity index (χ1) is 17.9. The number of rotatable bonds is 10. The molecule has 0 aliphatic rings. The van der Waals surface area contributed by atoms with Crippen LogP contribution in [0.15, 0.2) is 66.9 Å². The van der Waals surface area contributed by atoms with Crippen molar-refractivity contribution >= 4 is 45.8 Å². The van der Waals surface area contributed by atoms with Crippen LogP contribution in [0.1, 0.15) is 37.3 Å². The van der Waals surface area contributed by atoms with Gasteiger partial charge in [0.15, 0.2) is 5.69 Å². The first-order valence-electron chi connectivity index (χ1n) is 11.4. The Balaban J connectivity index is 1.83. The zero-order valence-corrected chi connectivity index (χ0v) is 20.9. The van der Waals surface area contributed by atoms with Crippen molar-refractivity contribution in [3.05, 3.63) is 88.6 Å². The number of aromatic nitrogens is 2. The van der Waals surface area contributed by atoms with Gasteiger partial charge in [0.25, 0.3) is 11.8 Å². The van der Waals surface area contributed by atoms with Crippen molar-refractivity contribution in [2.75, 3.05) is 26.0 Å². The molecule has 4 aromatic rings. The number of methoxy groups -OCH3 is 1. The predicted octanol–water partition coefficient (Wildman–Crippen LogP) is 2.52. The maximum atomic E-state index is 14.0. The van der Waals surface area contributed by atoms with Gasteiger partial charge in [-0.25, -0.2) is 0 Å². The number of benzene rings is 2. The molecule has 0 saturated heterocycles. The van der Waals surface area contributed by atoms with Crippen LogP contribution in [0.3, 0.4) is 0 Å². The Morgan fingerprint density at radius 3 is 2.59 bits per heavy atom. The number of ether oxygens (including phenoxy) is 1. The Kier molecular flexibility index (Phi) is 8.06. The molecule has 0 unspecified atom stereocenters. The minimum absolute atomic E-state index is 0.0295. The van der Waals surface area contributed by atoms with Gasteiger partial charge in [0.05, 0.1) is 17.8 Å². The maximum Gasteiger partial charge on any atom is 0.270 e. The summed E-state index contributed by atoms with van der Waals surface area (Å²) in [5, 5.41) is 3.66. The van der Waals surface area contributed by atoms with Crippen LogP contribution in [-0.2, 0) is 16.1 Å². The van der Waals surface area contributed by atoms with Crippen LogP contribution in [0.5, 0.6) is 0 Å². The van der Waals surface area contributed by atoms with E-state index in [1.165, 1.54) is 12.0 Å². The Bertz CT molecular complexity index is 1430. The molecule has 190 valence electrons. The van der Waals surface area contributed by atoms with Gasteiger partial charge in [0.1, 0.15) is 10.9 Å². The zero-order valence-electron chi connectivity index (χ0n) is 20.1. The summed E-state index contributed by atoms with van der Waals surface area (Å²) in [5.74, 6) is -1.79. The summed E-state index contributed by atoms with van der Waals surface area (Å²) in [4.78, 5) is 45.1. The van der Waals surface area contributed by atoms with Gasteiger partial charge in [-0.05, 0) is 40.9 Å². The van der Waals surface area contributed by atoms with Crippen LogP contribution >= 0.6 is 11.5 Å². The molecule has 0 fully saturated rings. The van der Waals surface area contributed by atoms with E-state index in [1.54, 1.807) is 24.4 Å². The third-order valence-corrected chi connectivity index (χ3v) is 6.57. The molecule has 4 rings (SSSR count). The third kappa shape index (κ3) is 5.74. The van der Waals surface area contributed by atoms with Crippen LogP contribution in [0.2, 0.25) is 0 Å². The summed E-state index contributed by atoms with van der Waals surface area (Å²) in [7, 11) is 1.54. The average molecular weight is 519 g/mol. The van der Waals surface area contributed by atoms with Crippen molar-refractivity contribution in [2.45, 2.75) is 12.6 Å². The SMILES string of the molecule is COCCNC(=O)[C@@H](c1ccc2ncccc2c1)N(Cc1ccccc1)C(=O)c1snc(C(N)=O)c1N. The molecule has 0 aliphatic carbocycles. The number of hydrogen-bond acceptors (Lipinski definition) is 8. The van der Waals surface area contributed by atoms with Crippen molar-refractivity contribution in [1.29, 1.82) is 0 Å². The fourth-order valence-electron chi connectivity index (χ4n) is 3.93. The minimum Gasteiger partial charge on any atom is -0.395 e. The van der Waals surface area contributed by atoms with Crippen LogP contribution in [-0.4, -0.2) is 52.2 Å². The molecule has 2 heterocycles. The minimum atomic E-state index is -1.03. The lowest BCUT2D eigenvalue weighted by molar-refractivity contribution is -0.126. The number of nitrogens with one attached hydrogen (secondary N) is 1. The maximum absolute atomic E-state index is 14.0. The van der Waals surface area contributed by atoms with Crippen molar-refractivity contribution in [2.24, 2.45) is 5.73 Å². The molecule has 0 bridgehead atoms. The first kappa shape index (κ1) is 25.7. The lowest BCUT2D eigenvalue weighted by Gasteiger charge is -2.31. The highest BCUT2D eigenvalue weighted by Crippen LogP contribution is 2.31. The Hall–Kier alpha value is -4.35. The summed E-state index contributed by atoms with van der Waals surface area (Å²) < 4.78 is 9.05. The van der Waals surface area contributed by atoms with E-state index in [4.69, 9.17) is 16.2 Å². The smallest absolute Gasteiger partial charge is 0.270 e. The summed E-state index contributed by atoms with van der Waals surface area (Å²) in [6.45, 7) is 0.649. The number of fused-ring (bicyclic) bond motifs is 1. The molecule has 3 amide bonds. The van der Waals surface area contributed by atoms with Crippen LogP contribution in [0, 0.1) is 0 Å². The number of nitrogen functional groups attached to an aromatic ring is 1. The van der Waals surface area contributed by atoms with Gasteiger partial charge in [-0.1, -0.05) is 42.5 Å². The van der Waals surface area contributed by atoms with Crippen molar-refractivity contribution in [1.82, 2.24) is 19.6 Å². The van der Waals surface area contributed by atoms with Gasteiger partial charge in [-0.2, -0.15) is 4.37 Å². The number of amides is 3. The van der Waals surface area contributed by atoms with E-state index >= 15 is 0 Å². The van der Waals surface area contributed by atoms with Gasteiger partial charge in [-0.15, -0.1) is 0 Å². The van der Waals surface area contributed by atoms with E-state index in [-0.39, 0.29) is 29.3 Å². The van der Waals surface area contributed by atoms with Crippen molar-refractivity contribution < 1.29 is 19.1 Å². The van der Waals surface area contributed by atoms with Crippen LogP contribution in [0.4, 0.5) is 5.69 Å². The summed E-state index contributed by atoms with van der Waals surface area (Å²) in [5.41, 5.74) is 13.3. The Labute approximate surface area is 217 Å². The molecule has 0 aliphatic heterocycles. The fourth-order valence-corrected chi connectivity index (χ4v) is 4.69. The highest BCUT2D eigenvalue weighted by molar-refractivity contribution is 7.09. The lowest BCUT2D eigenvalue weighted by atomic mass is 10.00. The highest BCUT2D eigenvalue weighted by Gasteiger charge is 2.35. The number of anilines is 1. The zero-order chi connectivity index (χ0) is 26.4. The number of nitrogens with zero attached hydrogens (tertiary/aromatic N) is 3. The molecule has 0 radical (unpaired) electrons. The van der Waals surface area contributed by atoms with Crippen LogP contribution < -0.4 is 16.8 Å². The number of hydrogen-bond donors (Lipinski definition) is 3. The molecule has 0 saturated carbocycles. The summed E-state index contributed by atoms with van der Waals surface area (Å²) in [6.07, 6.45) is 1.69. The molecule has 1 atom stereocenters. The second-order valence-electron chi connectivity index (χ2n) is 8.20. The second-order valence-corrected chi connectivity index (χ2v) is 8.97. The van der Waals surface area contributed by atoms with E-state index in [0.717, 1.165) is 28.0 Å². The summed E-state index contributed by atoms with van der Waals surface area (Å²) >= 11 is 0.771. The molecular formula is C26H26N6O4S. The van der Waals surface area contributed by atoms with Gasteiger partial charge >= 0.3 is 0 Å². The fraction of sp³-hybridized carbons (Fsp3) is 0.192. The second kappa shape index (κ2) is 11.6. The van der Waals surface area contributed by atoms with Gasteiger partial charge < -0.3 is 26.4 Å². The van der Waals surface area contributed by atoms with E-state index in [9.17, 15) is 14.4 Å². The van der Waals surface area contributed by atoms with E-state index in [1.807, 2.05) is 42.5 Å². The Morgan fingerprint density at radius 1 is 1.11 bits per heavy atom. The average Bonchev–Trinajstić information content (AvgIpc) is 3.30. The molecule has 2 aromatic carbocycles. The molecule has 37 heavy (non-hydrogen) atoms. The standard InChI is InChI=1S/C26H26N6O4S/c1-36-13-12-30-25(34)22(18-9-10-19-17(14-18)8-5-11-29-19)32(15-16-6-3-2-4-7-16)26(35)23-20(27)21(24(28)33)31-37-23/h2-11,14,22H,12-13,15,27H2,1H3,(H2,28,33)(H,30,34)/t22-/m1/s1. The number of nitrogens with two attached hydrogens (primary N) is 2. The number of carbonyl (C=O) groups excluding carboxylic acids is 3. The monoisotopic (exact) mass is 518 g/mol. The number of carbonyl (C=O) groups is 3. The van der Waals surface area contributed by atoms with Crippen LogP contribution in [0.25, 0.3) is 10.9 Å². The van der Waals surface area contributed by atoms with E-state index < -0.39 is 23.8 Å². The van der Waals surface area contributed by atoms with E-state index in [0.29, 0.717) is 12.2 Å². The first-order valence-corrected chi connectivity index (χ1v) is 12.2. The predicted molar refractivity (Wildman–Crippen MR) is 141 cm³/mol. The van der Waals surface area contributed by atoms with E-state index in [2.05, 4.69) is 14.7 Å². The lowest BCUT2D eigenvalue weighted by Crippen LogP contribution is -2.44.